The van der Waals surface area contributed by atoms with Gasteiger partial charge in [-0.05, 0) is 120 Å². The van der Waals surface area contributed by atoms with Crippen LogP contribution in [0.3, 0.4) is 0 Å². The second-order valence-electron chi connectivity index (χ2n) is 12.0. The van der Waals surface area contributed by atoms with E-state index in [0.29, 0.717) is 0 Å². The first-order valence-corrected chi connectivity index (χ1v) is 16.4. The van der Waals surface area contributed by atoms with Crippen molar-refractivity contribution in [1.29, 1.82) is 0 Å². The van der Waals surface area contributed by atoms with Gasteiger partial charge in [0, 0.05) is 11.4 Å². The molecule has 0 saturated carbocycles. The molecule has 4 nitrogen and oxygen atoms in total. The largest absolute Gasteiger partial charge is 0.355 e. The van der Waals surface area contributed by atoms with Crippen molar-refractivity contribution < 1.29 is 0 Å². The molecule has 0 amide bonds. The molecule has 0 saturated heterocycles. The normalized spacial score (nSPS) is 16.5. The summed E-state index contributed by atoms with van der Waals surface area (Å²) in [6.07, 6.45) is 18.6. The third-order valence-corrected chi connectivity index (χ3v) is 10.4. The molecule has 7 rings (SSSR count). The Hall–Kier alpha value is -3.40. The first kappa shape index (κ1) is 26.5. The van der Waals surface area contributed by atoms with Gasteiger partial charge in [-0.3, -0.25) is 0 Å². The van der Waals surface area contributed by atoms with Gasteiger partial charge in [-0.2, -0.15) is 0 Å². The highest BCUT2D eigenvalue weighted by molar-refractivity contribution is 5.69. The molecule has 214 valence electrons. The van der Waals surface area contributed by atoms with Gasteiger partial charge in [-0.25, -0.2) is 0 Å². The molecule has 4 heteroatoms. The molecule has 0 aromatic carbocycles. The number of rotatable bonds is 8. The summed E-state index contributed by atoms with van der Waals surface area (Å²) >= 11 is 0. The van der Waals surface area contributed by atoms with E-state index in [1.54, 1.807) is 0 Å². The van der Waals surface area contributed by atoms with Crippen molar-refractivity contribution >= 4 is 24.3 Å². The van der Waals surface area contributed by atoms with E-state index in [1.807, 2.05) is 0 Å². The zero-order valence-corrected chi connectivity index (χ0v) is 26.4. The number of H-pyrrole nitrogens is 1. The smallest absolute Gasteiger partial charge is 0.194 e. The lowest BCUT2D eigenvalue weighted by Gasteiger charge is -2.33. The van der Waals surface area contributed by atoms with Crippen LogP contribution < -0.4 is 21.4 Å². The van der Waals surface area contributed by atoms with E-state index in [1.165, 1.54) is 88.7 Å². The first-order valence-electron chi connectivity index (χ1n) is 16.4. The number of aromatic nitrogens is 4. The summed E-state index contributed by atoms with van der Waals surface area (Å²) in [6, 6.07) is 0. The predicted octanol–water partition coefficient (Wildman–Crippen LogP) is 4.73. The average molecular weight is 547 g/mol. The van der Waals surface area contributed by atoms with Crippen molar-refractivity contribution in [3.05, 3.63) is 88.7 Å². The van der Waals surface area contributed by atoms with Crippen LogP contribution in [0, 0.1) is 0 Å². The second kappa shape index (κ2) is 9.58. The van der Waals surface area contributed by atoms with Crippen molar-refractivity contribution in [2.45, 2.75) is 113 Å². The quantitative estimate of drug-likeness (QED) is 0.286. The van der Waals surface area contributed by atoms with Crippen LogP contribution in [0.15, 0.2) is 0 Å². The molecule has 0 radical (unpaired) electrons. The maximum atomic E-state index is 3.95. The van der Waals surface area contributed by atoms with E-state index >= 15 is 0 Å². The Labute approximate surface area is 244 Å². The Kier molecular flexibility index (Phi) is 6.19. The van der Waals surface area contributed by atoms with E-state index in [0.717, 1.165) is 51.4 Å². The van der Waals surface area contributed by atoms with E-state index in [-0.39, 0.29) is 6.29 Å². The topological polar surface area (TPSA) is 30.6 Å². The molecular weight excluding hydrogens is 500 g/mol. The van der Waals surface area contributed by atoms with Crippen LogP contribution in [-0.2, 0) is 51.4 Å². The second-order valence-corrected chi connectivity index (χ2v) is 12.0. The summed E-state index contributed by atoms with van der Waals surface area (Å²) < 4.78 is 8.14. The zero-order valence-electron chi connectivity index (χ0n) is 26.4. The van der Waals surface area contributed by atoms with Gasteiger partial charge in [0.05, 0.1) is 32.8 Å². The maximum absolute atomic E-state index is 3.95. The fraction of sp³-hybridized carbons (Fsp3) is 0.459. The van der Waals surface area contributed by atoms with Crippen LogP contribution in [0.25, 0.3) is 24.3 Å². The maximum Gasteiger partial charge on any atom is 0.194 e. The van der Waals surface area contributed by atoms with Gasteiger partial charge >= 0.3 is 0 Å². The van der Waals surface area contributed by atoms with Crippen molar-refractivity contribution in [3.63, 3.8) is 0 Å². The Balaban J connectivity index is 1.82. The molecule has 1 unspecified atom stereocenters. The summed E-state index contributed by atoms with van der Waals surface area (Å²) in [6.45, 7) is 18.7. The number of fused-ring (bicyclic) bond motifs is 2. The number of nitrogens with zero attached hydrogens (tertiary/aromatic N) is 3. The minimum absolute atomic E-state index is 0.0631. The monoisotopic (exact) mass is 546 g/mol. The molecule has 7 heterocycles. The molecule has 1 N–H and O–H groups in total. The zero-order chi connectivity index (χ0) is 28.7. The Morgan fingerprint density at radius 2 is 0.732 bits per heavy atom. The van der Waals surface area contributed by atoms with Gasteiger partial charge in [0.2, 0.25) is 0 Å². The first-order chi connectivity index (χ1) is 20.0. The van der Waals surface area contributed by atoms with Gasteiger partial charge in [0.1, 0.15) is 0 Å². The van der Waals surface area contributed by atoms with Gasteiger partial charge in [0.25, 0.3) is 0 Å². The van der Waals surface area contributed by atoms with Crippen LogP contribution in [0.5, 0.6) is 0 Å². The van der Waals surface area contributed by atoms with E-state index in [9.17, 15) is 0 Å². The Morgan fingerprint density at radius 3 is 1.05 bits per heavy atom. The van der Waals surface area contributed by atoms with Crippen molar-refractivity contribution in [3.8, 4) is 0 Å². The lowest BCUT2D eigenvalue weighted by Crippen LogP contribution is -2.51. The highest BCUT2D eigenvalue weighted by atomic mass is 15.4. The lowest BCUT2D eigenvalue weighted by atomic mass is 10.0. The van der Waals surface area contributed by atoms with E-state index in [4.69, 9.17) is 0 Å². The fourth-order valence-corrected chi connectivity index (χ4v) is 8.80. The molecule has 1 atom stereocenters. The SMILES string of the molecule is CCc1c2[nH]c(c1CC)/C=c1/c(CC)c(CC)c3n1C1n4c(c(CC)c(CC)c4C=3)C=c3c(CC)c(CC)c(n31)=C2. The number of nitrogens with one attached hydrogen (secondary N) is 1. The standard InChI is InChI=1S/C37H46N4/c1-9-21-22(10-2)30-18-32-24(12-4)26(14-6)34-20-36-28(16-8)27(15-7)35-19-33-25(13-5)23(11-3)31(17-29(21)38-30)39(33)37(40(32)34)41(35)36/h17-20,37-38H,9-16H2,1-8H3/b29-17?,30-18?,31-17-,32-18?. The molecule has 3 aliphatic rings. The van der Waals surface area contributed by atoms with Crippen LogP contribution in [0.4, 0.5) is 0 Å². The minimum Gasteiger partial charge on any atom is -0.355 e. The van der Waals surface area contributed by atoms with Crippen LogP contribution in [0.2, 0.25) is 0 Å². The van der Waals surface area contributed by atoms with Gasteiger partial charge in [-0.15, -0.1) is 0 Å². The molecule has 41 heavy (non-hydrogen) atoms. The summed E-state index contributed by atoms with van der Waals surface area (Å²) in [5.74, 6) is 0. The average Bonchev–Trinajstić information content (AvgIpc) is 3.68. The highest BCUT2D eigenvalue weighted by Gasteiger charge is 2.36. The molecule has 3 aliphatic heterocycles. The van der Waals surface area contributed by atoms with E-state index in [2.05, 4.69) is 98.4 Å². The third-order valence-electron chi connectivity index (χ3n) is 10.4. The van der Waals surface area contributed by atoms with Crippen molar-refractivity contribution in [2.24, 2.45) is 0 Å². The molecule has 2 bridgehead atoms. The van der Waals surface area contributed by atoms with Gasteiger partial charge in [0.15, 0.2) is 6.29 Å². The summed E-state index contributed by atoms with van der Waals surface area (Å²) in [5, 5.41) is 5.61. The van der Waals surface area contributed by atoms with Crippen LogP contribution >= 0.6 is 0 Å². The lowest BCUT2D eigenvalue weighted by molar-refractivity contribution is 0.327. The minimum atomic E-state index is 0.0631. The number of hydrogen-bond acceptors (Lipinski definition) is 0. The highest BCUT2D eigenvalue weighted by Crippen LogP contribution is 2.35. The summed E-state index contributed by atoms with van der Waals surface area (Å²) in [4.78, 5) is 3.95. The van der Waals surface area contributed by atoms with Crippen molar-refractivity contribution in [2.75, 3.05) is 0 Å². The molecular formula is C37H46N4. The molecule has 0 aliphatic carbocycles. The summed E-state index contributed by atoms with van der Waals surface area (Å²) in [5.41, 5.74) is 17.5. The van der Waals surface area contributed by atoms with Gasteiger partial charge in [-0.1, -0.05) is 55.4 Å². The van der Waals surface area contributed by atoms with Crippen molar-refractivity contribution in [1.82, 2.24) is 18.7 Å². The van der Waals surface area contributed by atoms with Gasteiger partial charge < -0.3 is 18.7 Å². The Morgan fingerprint density at radius 1 is 0.415 bits per heavy atom. The molecule has 4 aromatic rings. The fourth-order valence-electron chi connectivity index (χ4n) is 8.80. The molecule has 0 fully saturated rings. The van der Waals surface area contributed by atoms with Crippen LogP contribution in [-0.4, -0.2) is 18.7 Å². The predicted molar refractivity (Wildman–Crippen MR) is 172 cm³/mol. The number of hydrogen-bond donors (Lipinski definition) is 1. The third kappa shape index (κ3) is 3.22. The van der Waals surface area contributed by atoms with E-state index < -0.39 is 0 Å². The van der Waals surface area contributed by atoms with Crippen LogP contribution in [0.1, 0.15) is 129 Å². The molecule has 4 aromatic heterocycles. The molecule has 0 spiro atoms. The summed E-state index contributed by atoms with van der Waals surface area (Å²) in [7, 11) is 0. The number of aromatic amines is 1. The Bertz CT molecular complexity index is 1840.